The molecule has 0 aliphatic rings. The molecule has 0 radical (unpaired) electrons. The van der Waals surface area contributed by atoms with Crippen LogP contribution in [0.25, 0.3) is 0 Å². The second-order valence-corrected chi connectivity index (χ2v) is 3.63. The summed E-state index contributed by atoms with van der Waals surface area (Å²) in [6.07, 6.45) is 0. The molecule has 1 aromatic carbocycles. The molecule has 4 N–H and O–H groups in total. The Morgan fingerprint density at radius 2 is 2.10 bits per heavy atom. The predicted octanol–water partition coefficient (Wildman–Crippen LogP) is -0.520. The smallest absolute Gasteiger partial charge is 0.294 e. The van der Waals surface area contributed by atoms with Gasteiger partial charge in [-0.05, 0) is 12.1 Å². The lowest BCUT2D eigenvalue weighted by Crippen LogP contribution is -2.36. The summed E-state index contributed by atoms with van der Waals surface area (Å²) < 4.78 is 0. The van der Waals surface area contributed by atoms with E-state index in [4.69, 9.17) is 11.0 Å². The molecule has 0 spiro atoms. The van der Waals surface area contributed by atoms with Gasteiger partial charge in [0.25, 0.3) is 5.69 Å². The Labute approximate surface area is 113 Å². The fraction of sp³-hybridized carbons (Fsp3) is 0.182. The monoisotopic (exact) mass is 277 g/mol. The molecule has 104 valence electrons. The van der Waals surface area contributed by atoms with E-state index in [0.717, 1.165) is 6.07 Å². The molecule has 0 atom stereocenters. The van der Waals surface area contributed by atoms with Gasteiger partial charge in [-0.2, -0.15) is 5.26 Å². The van der Waals surface area contributed by atoms with Gasteiger partial charge in [0.05, 0.1) is 29.6 Å². The number of nitrogens with two attached hydrogens (primary N) is 1. The normalized spacial score (nSPS) is 9.40. The minimum Gasteiger partial charge on any atom is -0.346 e. The van der Waals surface area contributed by atoms with Gasteiger partial charge in [0.15, 0.2) is 0 Å². The molecule has 9 heteroatoms. The largest absolute Gasteiger partial charge is 0.346 e. The molecule has 1 aromatic rings. The Kier molecular flexibility index (Phi) is 5.13. The summed E-state index contributed by atoms with van der Waals surface area (Å²) in [5.41, 5.74) is 4.69. The molecule has 1 rings (SSSR count). The SMILES string of the molecule is N#Cc1ccc(NC(=O)CNC(=O)CN)c([N+](=O)[O-])c1. The quantitative estimate of drug-likeness (QED) is 0.486. The maximum atomic E-state index is 11.5. The molecule has 0 saturated heterocycles. The van der Waals surface area contributed by atoms with Crippen LogP contribution in [0.5, 0.6) is 0 Å². The Bertz CT molecular complexity index is 593. The number of nitro groups is 1. The Hall–Kier alpha value is -2.99. The van der Waals surface area contributed by atoms with Gasteiger partial charge in [-0.3, -0.25) is 19.7 Å². The number of anilines is 1. The van der Waals surface area contributed by atoms with Crippen LogP contribution >= 0.6 is 0 Å². The molecule has 0 aliphatic carbocycles. The molecule has 0 fully saturated rings. The second-order valence-electron chi connectivity index (χ2n) is 3.63. The second kappa shape index (κ2) is 6.81. The van der Waals surface area contributed by atoms with E-state index in [0.29, 0.717) is 0 Å². The number of carbonyl (C=O) groups is 2. The van der Waals surface area contributed by atoms with E-state index in [1.54, 1.807) is 6.07 Å². The third kappa shape index (κ3) is 4.04. The zero-order valence-corrected chi connectivity index (χ0v) is 10.3. The van der Waals surface area contributed by atoms with Gasteiger partial charge in [-0.25, -0.2) is 0 Å². The van der Waals surface area contributed by atoms with Crippen LogP contribution in [0.4, 0.5) is 11.4 Å². The first-order chi connectivity index (χ1) is 9.47. The number of carbonyl (C=O) groups excluding carboxylic acids is 2. The van der Waals surface area contributed by atoms with Crippen molar-refractivity contribution in [2.75, 3.05) is 18.4 Å². The van der Waals surface area contributed by atoms with Crippen LogP contribution in [0.3, 0.4) is 0 Å². The first-order valence-corrected chi connectivity index (χ1v) is 5.43. The number of benzene rings is 1. The van der Waals surface area contributed by atoms with Crippen molar-refractivity contribution in [2.45, 2.75) is 0 Å². The molecular formula is C11H11N5O4. The Balaban J connectivity index is 2.82. The van der Waals surface area contributed by atoms with Crippen LogP contribution in [0.15, 0.2) is 18.2 Å². The summed E-state index contributed by atoms with van der Waals surface area (Å²) in [4.78, 5) is 32.5. The van der Waals surface area contributed by atoms with Gasteiger partial charge >= 0.3 is 0 Å². The van der Waals surface area contributed by atoms with Crippen molar-refractivity contribution in [3.05, 3.63) is 33.9 Å². The molecule has 9 nitrogen and oxygen atoms in total. The Morgan fingerprint density at radius 3 is 2.65 bits per heavy atom. The van der Waals surface area contributed by atoms with E-state index in [-0.39, 0.29) is 24.3 Å². The molecule has 0 aromatic heterocycles. The minimum atomic E-state index is -0.713. The van der Waals surface area contributed by atoms with E-state index in [9.17, 15) is 19.7 Å². The number of rotatable bonds is 5. The van der Waals surface area contributed by atoms with Crippen LogP contribution in [-0.2, 0) is 9.59 Å². The first-order valence-electron chi connectivity index (χ1n) is 5.43. The molecule has 0 heterocycles. The van der Waals surface area contributed by atoms with E-state index >= 15 is 0 Å². The van der Waals surface area contributed by atoms with Crippen molar-refractivity contribution in [3.8, 4) is 6.07 Å². The number of nitriles is 1. The highest BCUT2D eigenvalue weighted by atomic mass is 16.6. The van der Waals surface area contributed by atoms with Crippen molar-refractivity contribution in [3.63, 3.8) is 0 Å². The molecule has 0 aliphatic heterocycles. The minimum absolute atomic E-state index is 0.0546. The van der Waals surface area contributed by atoms with Gasteiger partial charge in [-0.1, -0.05) is 0 Å². The summed E-state index contributed by atoms with van der Waals surface area (Å²) >= 11 is 0. The molecular weight excluding hydrogens is 266 g/mol. The molecule has 20 heavy (non-hydrogen) atoms. The molecule has 0 unspecified atom stereocenters. The zero-order chi connectivity index (χ0) is 15.1. The van der Waals surface area contributed by atoms with Crippen LogP contribution in [0.2, 0.25) is 0 Å². The van der Waals surface area contributed by atoms with Crippen LogP contribution in [0, 0.1) is 21.4 Å². The number of hydrogen-bond donors (Lipinski definition) is 3. The van der Waals surface area contributed by atoms with E-state index in [1.165, 1.54) is 12.1 Å². The highest BCUT2D eigenvalue weighted by Crippen LogP contribution is 2.25. The first kappa shape index (κ1) is 15.1. The highest BCUT2D eigenvalue weighted by Gasteiger charge is 2.16. The van der Waals surface area contributed by atoms with Crippen LogP contribution in [-0.4, -0.2) is 29.8 Å². The van der Waals surface area contributed by atoms with Crippen LogP contribution < -0.4 is 16.4 Å². The summed E-state index contributed by atoms with van der Waals surface area (Å²) in [6, 6.07) is 5.40. The Morgan fingerprint density at radius 1 is 1.40 bits per heavy atom. The molecule has 0 bridgehead atoms. The number of nitrogens with one attached hydrogen (secondary N) is 2. The number of nitro benzene ring substituents is 1. The standard InChI is InChI=1S/C11H11N5O4/c12-4-7-1-2-8(9(3-7)16(19)20)15-11(18)6-14-10(17)5-13/h1-3H,5-6,13H2,(H,14,17)(H,15,18). The molecule has 2 amide bonds. The third-order valence-electron chi connectivity index (χ3n) is 2.23. The van der Waals surface area contributed by atoms with Crippen molar-refractivity contribution in [1.82, 2.24) is 5.32 Å². The molecule has 0 saturated carbocycles. The maximum absolute atomic E-state index is 11.5. The fourth-order valence-corrected chi connectivity index (χ4v) is 1.30. The number of nitrogens with zero attached hydrogens (tertiary/aromatic N) is 2. The summed E-state index contributed by atoms with van der Waals surface area (Å²) in [5, 5.41) is 24.0. The van der Waals surface area contributed by atoms with Crippen molar-refractivity contribution >= 4 is 23.2 Å². The summed E-state index contributed by atoms with van der Waals surface area (Å²) in [7, 11) is 0. The van der Waals surface area contributed by atoms with E-state index < -0.39 is 22.4 Å². The lowest BCUT2D eigenvalue weighted by Gasteiger charge is -2.07. The average molecular weight is 277 g/mol. The number of amides is 2. The van der Waals surface area contributed by atoms with Crippen LogP contribution in [0.1, 0.15) is 5.56 Å². The average Bonchev–Trinajstić information content (AvgIpc) is 2.44. The van der Waals surface area contributed by atoms with Crippen molar-refractivity contribution < 1.29 is 14.5 Å². The fourth-order valence-electron chi connectivity index (χ4n) is 1.30. The van der Waals surface area contributed by atoms with E-state index in [2.05, 4.69) is 10.6 Å². The lowest BCUT2D eigenvalue weighted by molar-refractivity contribution is -0.383. The highest BCUT2D eigenvalue weighted by molar-refractivity contribution is 5.96. The maximum Gasteiger partial charge on any atom is 0.294 e. The van der Waals surface area contributed by atoms with Crippen molar-refractivity contribution in [1.29, 1.82) is 5.26 Å². The predicted molar refractivity (Wildman–Crippen MR) is 68.5 cm³/mol. The lowest BCUT2D eigenvalue weighted by atomic mass is 10.2. The topological polar surface area (TPSA) is 151 Å². The van der Waals surface area contributed by atoms with Gasteiger partial charge in [0.2, 0.25) is 11.8 Å². The third-order valence-corrected chi connectivity index (χ3v) is 2.23. The summed E-state index contributed by atoms with van der Waals surface area (Å²) in [5.74, 6) is -1.16. The van der Waals surface area contributed by atoms with Gasteiger partial charge < -0.3 is 16.4 Å². The van der Waals surface area contributed by atoms with E-state index in [1.807, 2.05) is 0 Å². The zero-order valence-electron chi connectivity index (χ0n) is 10.3. The van der Waals surface area contributed by atoms with Gasteiger partial charge in [-0.15, -0.1) is 0 Å². The summed E-state index contributed by atoms with van der Waals surface area (Å²) in [6.45, 7) is -0.614. The van der Waals surface area contributed by atoms with Gasteiger partial charge in [0.1, 0.15) is 5.69 Å². The number of hydrogen-bond acceptors (Lipinski definition) is 6. The van der Waals surface area contributed by atoms with Gasteiger partial charge in [0, 0.05) is 6.07 Å². The van der Waals surface area contributed by atoms with Crippen molar-refractivity contribution in [2.24, 2.45) is 5.73 Å².